The SMILES string of the molecule is O=C(O)[C@@H]1[C@@H](C(=O)N2CCN(Cc3c(Cl)cccc3Cl)CC2)[C@H]2CC[C@@H]1O2. The minimum Gasteiger partial charge on any atom is -0.481 e. The quantitative estimate of drug-likeness (QED) is 0.822. The van der Waals surface area contributed by atoms with Gasteiger partial charge in [-0.25, -0.2) is 0 Å². The summed E-state index contributed by atoms with van der Waals surface area (Å²) in [6.07, 6.45) is 0.946. The Hall–Kier alpha value is -1.34. The van der Waals surface area contributed by atoms with E-state index in [4.69, 9.17) is 27.9 Å². The second-order valence-corrected chi connectivity index (χ2v) is 8.30. The van der Waals surface area contributed by atoms with Crippen molar-refractivity contribution in [3.05, 3.63) is 33.8 Å². The molecule has 6 nitrogen and oxygen atoms in total. The highest BCUT2D eigenvalue weighted by Crippen LogP contribution is 2.44. The predicted molar refractivity (Wildman–Crippen MR) is 101 cm³/mol. The number of amides is 1. The Morgan fingerprint density at radius 1 is 1.04 bits per heavy atom. The fourth-order valence-corrected chi connectivity index (χ4v) is 5.07. The number of hydrogen-bond donors (Lipinski definition) is 1. The molecule has 0 saturated carbocycles. The van der Waals surface area contributed by atoms with Crippen LogP contribution in [0.15, 0.2) is 18.2 Å². The molecule has 3 aliphatic heterocycles. The van der Waals surface area contributed by atoms with Crippen LogP contribution in [0.5, 0.6) is 0 Å². The summed E-state index contributed by atoms with van der Waals surface area (Å²) < 4.78 is 5.73. The summed E-state index contributed by atoms with van der Waals surface area (Å²) in [5.74, 6) is -2.26. The molecule has 27 heavy (non-hydrogen) atoms. The van der Waals surface area contributed by atoms with E-state index >= 15 is 0 Å². The van der Waals surface area contributed by atoms with Crippen molar-refractivity contribution in [3.8, 4) is 0 Å². The molecule has 4 atom stereocenters. The molecule has 3 aliphatic rings. The number of hydrogen-bond acceptors (Lipinski definition) is 4. The van der Waals surface area contributed by atoms with Crippen LogP contribution in [0.25, 0.3) is 0 Å². The first-order valence-electron chi connectivity index (χ1n) is 9.28. The molecule has 0 unspecified atom stereocenters. The van der Waals surface area contributed by atoms with Gasteiger partial charge < -0.3 is 14.7 Å². The number of benzene rings is 1. The predicted octanol–water partition coefficient (Wildman–Crippen LogP) is 2.52. The van der Waals surface area contributed by atoms with Gasteiger partial charge in [-0.2, -0.15) is 0 Å². The Morgan fingerprint density at radius 2 is 1.63 bits per heavy atom. The highest BCUT2D eigenvalue weighted by molar-refractivity contribution is 6.35. The van der Waals surface area contributed by atoms with Gasteiger partial charge >= 0.3 is 5.97 Å². The normalized spacial score (nSPS) is 30.7. The van der Waals surface area contributed by atoms with E-state index in [9.17, 15) is 14.7 Å². The van der Waals surface area contributed by atoms with E-state index in [2.05, 4.69) is 4.90 Å². The van der Waals surface area contributed by atoms with Gasteiger partial charge in [-0.05, 0) is 25.0 Å². The lowest BCUT2D eigenvalue weighted by atomic mass is 9.78. The van der Waals surface area contributed by atoms with Gasteiger partial charge in [0.1, 0.15) is 0 Å². The van der Waals surface area contributed by atoms with Gasteiger partial charge in [-0.15, -0.1) is 0 Å². The zero-order chi connectivity index (χ0) is 19.1. The third-order valence-electron chi connectivity index (χ3n) is 5.97. The highest BCUT2D eigenvalue weighted by atomic mass is 35.5. The van der Waals surface area contributed by atoms with E-state index in [0.717, 1.165) is 18.4 Å². The topological polar surface area (TPSA) is 70.1 Å². The number of halogens is 2. The number of carboxylic acids is 1. The maximum atomic E-state index is 13.0. The Balaban J connectivity index is 1.38. The zero-order valence-electron chi connectivity index (χ0n) is 14.8. The molecule has 2 bridgehead atoms. The monoisotopic (exact) mass is 412 g/mol. The molecule has 1 aromatic rings. The molecule has 1 aromatic carbocycles. The number of carbonyl (C=O) groups excluding carboxylic acids is 1. The van der Waals surface area contributed by atoms with Crippen molar-refractivity contribution in [2.24, 2.45) is 11.8 Å². The third kappa shape index (κ3) is 3.56. The van der Waals surface area contributed by atoms with Crippen LogP contribution in [-0.4, -0.2) is 65.2 Å². The fourth-order valence-electron chi connectivity index (χ4n) is 4.55. The van der Waals surface area contributed by atoms with Crippen LogP contribution in [0.2, 0.25) is 10.0 Å². The molecule has 8 heteroatoms. The molecule has 0 radical (unpaired) electrons. The van der Waals surface area contributed by atoms with Crippen molar-refractivity contribution in [1.82, 2.24) is 9.80 Å². The summed E-state index contributed by atoms with van der Waals surface area (Å²) in [4.78, 5) is 28.6. The van der Waals surface area contributed by atoms with E-state index < -0.39 is 17.8 Å². The number of rotatable bonds is 4. The standard InChI is InChI=1S/C19H22Cl2N2O4/c20-12-2-1-3-13(21)11(12)10-22-6-8-23(9-7-22)18(24)16-14-4-5-15(27-14)17(16)19(25)26/h1-3,14-17H,4-10H2,(H,25,26)/t14-,15+,16+,17+/m1/s1. The van der Waals surface area contributed by atoms with Crippen molar-refractivity contribution in [2.45, 2.75) is 31.6 Å². The lowest BCUT2D eigenvalue weighted by molar-refractivity contribution is -0.151. The summed E-state index contributed by atoms with van der Waals surface area (Å²) in [5, 5.41) is 10.8. The van der Waals surface area contributed by atoms with Gasteiger partial charge in [0.05, 0.1) is 24.0 Å². The maximum absolute atomic E-state index is 13.0. The van der Waals surface area contributed by atoms with Crippen LogP contribution < -0.4 is 0 Å². The van der Waals surface area contributed by atoms with E-state index in [1.807, 2.05) is 18.2 Å². The first-order chi connectivity index (χ1) is 13.0. The molecule has 0 spiro atoms. The summed E-state index contributed by atoms with van der Waals surface area (Å²) in [6.45, 7) is 3.18. The molecule has 146 valence electrons. The lowest BCUT2D eigenvalue weighted by Crippen LogP contribution is -2.53. The molecule has 1 amide bonds. The highest BCUT2D eigenvalue weighted by Gasteiger charge is 2.56. The third-order valence-corrected chi connectivity index (χ3v) is 6.68. The first kappa shape index (κ1) is 19.0. The lowest BCUT2D eigenvalue weighted by Gasteiger charge is -2.37. The Morgan fingerprint density at radius 3 is 2.22 bits per heavy atom. The molecule has 0 aromatic heterocycles. The van der Waals surface area contributed by atoms with Crippen molar-refractivity contribution in [1.29, 1.82) is 0 Å². The van der Waals surface area contributed by atoms with E-state index in [1.54, 1.807) is 4.90 Å². The van der Waals surface area contributed by atoms with E-state index in [0.29, 0.717) is 42.8 Å². The van der Waals surface area contributed by atoms with E-state index in [-0.39, 0.29) is 18.1 Å². The van der Waals surface area contributed by atoms with Gasteiger partial charge in [0, 0.05) is 48.3 Å². The average Bonchev–Trinajstić information content (AvgIpc) is 3.26. The molecular weight excluding hydrogens is 391 g/mol. The number of fused-ring (bicyclic) bond motifs is 2. The first-order valence-corrected chi connectivity index (χ1v) is 10.0. The van der Waals surface area contributed by atoms with Crippen LogP contribution in [0.3, 0.4) is 0 Å². The molecule has 3 saturated heterocycles. The molecule has 3 heterocycles. The maximum Gasteiger partial charge on any atom is 0.310 e. The number of ether oxygens (including phenoxy) is 1. The molecule has 4 rings (SSSR count). The van der Waals surface area contributed by atoms with Crippen molar-refractivity contribution in [3.63, 3.8) is 0 Å². The number of nitrogens with zero attached hydrogens (tertiary/aromatic N) is 2. The van der Waals surface area contributed by atoms with Crippen molar-refractivity contribution in [2.75, 3.05) is 26.2 Å². The summed E-state index contributed by atoms with van der Waals surface area (Å²) >= 11 is 12.5. The minimum atomic E-state index is -0.924. The molecular formula is C19H22Cl2N2O4. The Bertz CT molecular complexity index is 731. The molecule has 3 fully saturated rings. The molecule has 0 aliphatic carbocycles. The van der Waals surface area contributed by atoms with Gasteiger partial charge in [0.25, 0.3) is 0 Å². The van der Waals surface area contributed by atoms with Crippen LogP contribution in [0, 0.1) is 11.8 Å². The van der Waals surface area contributed by atoms with Gasteiger partial charge in [0.2, 0.25) is 5.91 Å². The second kappa shape index (κ2) is 7.59. The average molecular weight is 413 g/mol. The van der Waals surface area contributed by atoms with Gasteiger partial charge in [-0.3, -0.25) is 14.5 Å². The summed E-state index contributed by atoms with van der Waals surface area (Å²) in [6, 6.07) is 5.47. The summed E-state index contributed by atoms with van der Waals surface area (Å²) in [5.41, 5.74) is 0.896. The number of carbonyl (C=O) groups is 2. The minimum absolute atomic E-state index is 0.0787. The van der Waals surface area contributed by atoms with Gasteiger partial charge in [0.15, 0.2) is 0 Å². The number of aliphatic carboxylic acids is 1. The van der Waals surface area contributed by atoms with Crippen LogP contribution in [0.1, 0.15) is 18.4 Å². The fraction of sp³-hybridized carbons (Fsp3) is 0.579. The Kier molecular flexibility index (Phi) is 5.34. The van der Waals surface area contributed by atoms with Crippen LogP contribution in [-0.2, 0) is 20.9 Å². The smallest absolute Gasteiger partial charge is 0.310 e. The largest absolute Gasteiger partial charge is 0.481 e. The van der Waals surface area contributed by atoms with Crippen molar-refractivity contribution >= 4 is 35.1 Å². The Labute approximate surface area is 168 Å². The van der Waals surface area contributed by atoms with Gasteiger partial charge in [-0.1, -0.05) is 29.3 Å². The number of carboxylic acid groups (broad SMARTS) is 1. The number of piperazine rings is 1. The van der Waals surface area contributed by atoms with Crippen molar-refractivity contribution < 1.29 is 19.4 Å². The molecule has 1 N–H and O–H groups in total. The van der Waals surface area contributed by atoms with Crippen LogP contribution >= 0.6 is 23.2 Å². The van der Waals surface area contributed by atoms with E-state index in [1.165, 1.54) is 0 Å². The second-order valence-electron chi connectivity index (χ2n) is 7.48. The summed E-state index contributed by atoms with van der Waals surface area (Å²) in [7, 11) is 0. The zero-order valence-corrected chi connectivity index (χ0v) is 16.3. The van der Waals surface area contributed by atoms with Crippen LogP contribution in [0.4, 0.5) is 0 Å².